The minimum atomic E-state index is -0.0529. The fraction of sp³-hybridized carbons (Fsp3) is 0.316. The molecule has 6 heteroatoms. The van der Waals surface area contributed by atoms with Crippen molar-refractivity contribution in [1.29, 1.82) is 0 Å². The smallest absolute Gasteiger partial charge is 0.319 e. The highest BCUT2D eigenvalue weighted by Gasteiger charge is 2.40. The third kappa shape index (κ3) is 3.85. The van der Waals surface area contributed by atoms with Gasteiger partial charge in [-0.05, 0) is 42.3 Å². The largest absolute Gasteiger partial charge is 0.497 e. The minimum absolute atomic E-state index is 0.0387. The average Bonchev–Trinajstić information content (AvgIpc) is 2.65. The average molecular weight is 358 g/mol. The van der Waals surface area contributed by atoms with Crippen molar-refractivity contribution in [2.24, 2.45) is 0 Å². The van der Waals surface area contributed by atoms with Crippen molar-refractivity contribution in [3.8, 4) is 11.5 Å². The SMILES string of the molecule is COc1ccc(CNC(=O)N2C(C)SC2c2ccc(OC)cc2)cc1. The van der Waals surface area contributed by atoms with Gasteiger partial charge in [-0.25, -0.2) is 4.79 Å². The molecule has 1 N–H and O–H groups in total. The first-order valence-electron chi connectivity index (χ1n) is 8.11. The summed E-state index contributed by atoms with van der Waals surface area (Å²) in [6.45, 7) is 2.53. The molecule has 1 saturated heterocycles. The Kier molecular flexibility index (Phi) is 5.38. The number of thioether (sulfide) groups is 1. The molecular formula is C19H22N2O3S. The molecule has 0 radical (unpaired) electrons. The highest BCUT2D eigenvalue weighted by molar-refractivity contribution is 8.01. The lowest BCUT2D eigenvalue weighted by Gasteiger charge is -2.46. The van der Waals surface area contributed by atoms with E-state index in [-0.39, 0.29) is 16.8 Å². The molecule has 2 aromatic carbocycles. The number of nitrogens with zero attached hydrogens (tertiary/aromatic N) is 1. The maximum Gasteiger partial charge on any atom is 0.319 e. The zero-order valence-corrected chi connectivity index (χ0v) is 15.4. The second-order valence-electron chi connectivity index (χ2n) is 5.77. The molecule has 0 aromatic heterocycles. The van der Waals surface area contributed by atoms with Gasteiger partial charge >= 0.3 is 6.03 Å². The molecule has 3 rings (SSSR count). The number of urea groups is 1. The van der Waals surface area contributed by atoms with E-state index in [1.807, 2.05) is 60.4 Å². The molecule has 2 amide bonds. The Morgan fingerprint density at radius 1 is 1.04 bits per heavy atom. The number of benzene rings is 2. The first-order valence-corrected chi connectivity index (χ1v) is 9.05. The quantitative estimate of drug-likeness (QED) is 0.877. The van der Waals surface area contributed by atoms with Crippen LogP contribution >= 0.6 is 11.8 Å². The van der Waals surface area contributed by atoms with Gasteiger partial charge in [-0.3, -0.25) is 4.90 Å². The van der Waals surface area contributed by atoms with Gasteiger partial charge in [0, 0.05) is 6.54 Å². The van der Waals surface area contributed by atoms with Gasteiger partial charge in [-0.15, -0.1) is 11.8 Å². The van der Waals surface area contributed by atoms with Crippen LogP contribution in [0.1, 0.15) is 23.4 Å². The van der Waals surface area contributed by atoms with Crippen LogP contribution in [0.3, 0.4) is 0 Å². The zero-order valence-electron chi connectivity index (χ0n) is 14.6. The molecule has 2 atom stereocenters. The lowest BCUT2D eigenvalue weighted by atomic mass is 10.2. The predicted molar refractivity (Wildman–Crippen MR) is 99.9 cm³/mol. The van der Waals surface area contributed by atoms with E-state index in [2.05, 4.69) is 5.32 Å². The van der Waals surface area contributed by atoms with Crippen molar-refractivity contribution in [1.82, 2.24) is 10.2 Å². The third-order valence-electron chi connectivity index (χ3n) is 4.21. The predicted octanol–water partition coefficient (Wildman–Crippen LogP) is 4.01. The van der Waals surface area contributed by atoms with Crippen molar-refractivity contribution < 1.29 is 14.3 Å². The number of carbonyl (C=O) groups is 1. The monoisotopic (exact) mass is 358 g/mol. The van der Waals surface area contributed by atoms with Crippen molar-refractivity contribution in [3.63, 3.8) is 0 Å². The fourth-order valence-electron chi connectivity index (χ4n) is 2.74. The van der Waals surface area contributed by atoms with Gasteiger partial charge in [0.15, 0.2) is 0 Å². The van der Waals surface area contributed by atoms with Crippen LogP contribution in [0.25, 0.3) is 0 Å². The van der Waals surface area contributed by atoms with Crippen molar-refractivity contribution in [2.75, 3.05) is 14.2 Å². The fourth-order valence-corrected chi connectivity index (χ4v) is 3.99. The maximum atomic E-state index is 12.6. The van der Waals surface area contributed by atoms with Crippen LogP contribution in [-0.2, 0) is 6.54 Å². The van der Waals surface area contributed by atoms with Gasteiger partial charge in [0.1, 0.15) is 16.9 Å². The second-order valence-corrected chi connectivity index (χ2v) is 7.18. The first-order chi connectivity index (χ1) is 12.1. The van der Waals surface area contributed by atoms with E-state index in [4.69, 9.17) is 9.47 Å². The van der Waals surface area contributed by atoms with E-state index in [0.717, 1.165) is 22.6 Å². The number of hydrogen-bond donors (Lipinski definition) is 1. The lowest BCUT2D eigenvalue weighted by molar-refractivity contribution is 0.179. The summed E-state index contributed by atoms with van der Waals surface area (Å²) in [7, 11) is 3.28. The van der Waals surface area contributed by atoms with Crippen LogP contribution in [0, 0.1) is 0 Å². The summed E-state index contributed by atoms with van der Waals surface area (Å²) in [5, 5.41) is 3.19. The Labute approximate surface area is 152 Å². The summed E-state index contributed by atoms with van der Waals surface area (Å²) in [5.74, 6) is 1.62. The van der Waals surface area contributed by atoms with Gasteiger partial charge in [-0.2, -0.15) is 0 Å². The zero-order chi connectivity index (χ0) is 17.8. The number of amides is 2. The Balaban J connectivity index is 1.61. The molecule has 25 heavy (non-hydrogen) atoms. The van der Waals surface area contributed by atoms with Gasteiger partial charge in [-0.1, -0.05) is 24.3 Å². The minimum Gasteiger partial charge on any atom is -0.497 e. The Bertz CT molecular complexity index is 718. The van der Waals surface area contributed by atoms with E-state index in [1.165, 1.54) is 0 Å². The van der Waals surface area contributed by atoms with Crippen LogP contribution in [0.2, 0.25) is 0 Å². The molecule has 5 nitrogen and oxygen atoms in total. The van der Waals surface area contributed by atoms with Crippen molar-refractivity contribution >= 4 is 17.8 Å². The molecule has 1 fully saturated rings. The van der Waals surface area contributed by atoms with E-state index < -0.39 is 0 Å². The molecule has 1 aliphatic rings. The molecule has 2 aromatic rings. The first kappa shape index (κ1) is 17.5. The normalized spacial score (nSPS) is 19.1. The molecule has 1 aliphatic heterocycles. The van der Waals surface area contributed by atoms with Crippen LogP contribution in [0.4, 0.5) is 4.79 Å². The van der Waals surface area contributed by atoms with E-state index in [0.29, 0.717) is 6.54 Å². The molecule has 0 spiro atoms. The molecule has 1 heterocycles. The molecule has 2 unspecified atom stereocenters. The lowest BCUT2D eigenvalue weighted by Crippen LogP contribution is -2.51. The van der Waals surface area contributed by atoms with Crippen LogP contribution in [0.15, 0.2) is 48.5 Å². The number of hydrogen-bond acceptors (Lipinski definition) is 4. The number of ether oxygens (including phenoxy) is 2. The highest BCUT2D eigenvalue weighted by atomic mass is 32.2. The topological polar surface area (TPSA) is 50.8 Å². The van der Waals surface area contributed by atoms with Gasteiger partial charge < -0.3 is 14.8 Å². The number of rotatable bonds is 5. The summed E-state index contributed by atoms with van der Waals surface area (Å²) in [6.07, 6.45) is 0. The van der Waals surface area contributed by atoms with E-state index in [9.17, 15) is 4.79 Å². The molecule has 0 aliphatic carbocycles. The standard InChI is InChI=1S/C19H22N2O3S/c1-13-21(18(25-13)15-6-10-17(24-3)11-7-15)19(22)20-12-14-4-8-16(23-2)9-5-14/h4-11,13,18H,12H2,1-3H3,(H,20,22). The highest BCUT2D eigenvalue weighted by Crippen LogP contribution is 2.48. The van der Waals surface area contributed by atoms with Gasteiger partial charge in [0.25, 0.3) is 0 Å². The molecule has 0 saturated carbocycles. The molecule has 132 valence electrons. The molecular weight excluding hydrogens is 336 g/mol. The number of nitrogens with one attached hydrogen (secondary N) is 1. The summed E-state index contributed by atoms with van der Waals surface area (Å²) in [6, 6.07) is 15.5. The van der Waals surface area contributed by atoms with Crippen molar-refractivity contribution in [3.05, 3.63) is 59.7 Å². The Morgan fingerprint density at radius 2 is 1.60 bits per heavy atom. The van der Waals surface area contributed by atoms with Crippen LogP contribution < -0.4 is 14.8 Å². The number of carbonyl (C=O) groups excluding carboxylic acids is 1. The summed E-state index contributed by atoms with van der Waals surface area (Å²) >= 11 is 1.77. The Morgan fingerprint density at radius 3 is 2.12 bits per heavy atom. The van der Waals surface area contributed by atoms with Gasteiger partial charge in [0.2, 0.25) is 0 Å². The summed E-state index contributed by atoms with van der Waals surface area (Å²) < 4.78 is 10.3. The molecule has 0 bridgehead atoms. The van der Waals surface area contributed by atoms with E-state index in [1.54, 1.807) is 26.0 Å². The third-order valence-corrected chi connectivity index (χ3v) is 5.59. The maximum absolute atomic E-state index is 12.6. The second kappa shape index (κ2) is 7.70. The Hall–Kier alpha value is -2.34. The van der Waals surface area contributed by atoms with E-state index >= 15 is 0 Å². The summed E-state index contributed by atoms with van der Waals surface area (Å²) in [4.78, 5) is 14.5. The van der Waals surface area contributed by atoms with Crippen LogP contribution in [-0.4, -0.2) is 30.5 Å². The van der Waals surface area contributed by atoms with Crippen molar-refractivity contribution in [2.45, 2.75) is 24.2 Å². The number of methoxy groups -OCH3 is 2. The van der Waals surface area contributed by atoms with Crippen LogP contribution in [0.5, 0.6) is 11.5 Å². The summed E-state index contributed by atoms with van der Waals surface area (Å²) in [5.41, 5.74) is 2.14. The van der Waals surface area contributed by atoms with Gasteiger partial charge in [0.05, 0.1) is 19.6 Å².